The summed E-state index contributed by atoms with van der Waals surface area (Å²) in [5, 5.41) is 3.07. The van der Waals surface area contributed by atoms with Gasteiger partial charge in [0.1, 0.15) is 0 Å². The molecular weight excluding hydrogens is 226 g/mol. The van der Waals surface area contributed by atoms with Crippen molar-refractivity contribution < 1.29 is 4.79 Å². The average molecular weight is 245 g/mol. The quantitative estimate of drug-likeness (QED) is 0.702. The third kappa shape index (κ3) is 2.84. The molecule has 0 radical (unpaired) electrons. The number of nitrogens with one attached hydrogen (secondary N) is 1. The van der Waals surface area contributed by atoms with Crippen LogP contribution in [0.4, 0.5) is 0 Å². The van der Waals surface area contributed by atoms with Gasteiger partial charge in [-0.05, 0) is 43.1 Å². The molecule has 0 saturated heterocycles. The van der Waals surface area contributed by atoms with E-state index in [1.54, 1.807) is 0 Å². The van der Waals surface area contributed by atoms with E-state index in [1.165, 1.54) is 25.7 Å². The Morgan fingerprint density at radius 2 is 2.07 bits per heavy atom. The summed E-state index contributed by atoms with van der Waals surface area (Å²) in [7, 11) is 0. The van der Waals surface area contributed by atoms with Gasteiger partial charge in [0.15, 0.2) is 0 Å². The topological polar surface area (TPSA) is 29.1 Å². The van der Waals surface area contributed by atoms with Crippen LogP contribution < -0.4 is 5.32 Å². The normalized spacial score (nSPS) is 24.7. The molecule has 2 aliphatic rings. The van der Waals surface area contributed by atoms with E-state index in [0.717, 1.165) is 12.3 Å². The second-order valence-corrected chi connectivity index (χ2v) is 6.59. The largest absolute Gasteiger partial charge is 0.355 e. The highest BCUT2D eigenvalue weighted by Gasteiger charge is 2.45. The van der Waals surface area contributed by atoms with Gasteiger partial charge in [-0.15, -0.1) is 0 Å². The molecule has 86 valence electrons. The maximum atomic E-state index is 11.7. The van der Waals surface area contributed by atoms with Crippen molar-refractivity contribution in [2.75, 3.05) is 18.6 Å². The van der Waals surface area contributed by atoms with Crippen LogP contribution in [0.5, 0.6) is 0 Å². The molecule has 0 aromatic rings. The fraction of sp³-hybridized carbons (Fsp3) is 0.909. The number of hydrogen-bond acceptors (Lipinski definition) is 3. The van der Waals surface area contributed by atoms with E-state index in [-0.39, 0.29) is 11.3 Å². The molecule has 0 heterocycles. The van der Waals surface area contributed by atoms with Crippen molar-refractivity contribution in [3.05, 3.63) is 0 Å². The van der Waals surface area contributed by atoms with Gasteiger partial charge in [-0.2, -0.15) is 24.4 Å². The number of rotatable bonds is 6. The molecule has 2 saturated carbocycles. The van der Waals surface area contributed by atoms with Crippen LogP contribution in [-0.2, 0) is 4.79 Å². The molecule has 4 heteroatoms. The Labute approximate surface area is 101 Å². The molecule has 0 bridgehead atoms. The van der Waals surface area contributed by atoms with Gasteiger partial charge in [-0.3, -0.25) is 4.79 Å². The Bertz CT molecular complexity index is 259. The molecule has 1 amide bonds. The molecule has 2 fully saturated rings. The number of amides is 1. The highest BCUT2D eigenvalue weighted by molar-refractivity contribution is 8.00. The lowest BCUT2D eigenvalue weighted by Gasteiger charge is -2.15. The van der Waals surface area contributed by atoms with Crippen molar-refractivity contribution in [1.29, 1.82) is 0 Å². The first kappa shape index (κ1) is 11.6. The Morgan fingerprint density at radius 3 is 2.47 bits per heavy atom. The van der Waals surface area contributed by atoms with Crippen molar-refractivity contribution in [3.63, 3.8) is 0 Å². The molecular formula is C11H19NOS2. The first-order chi connectivity index (χ1) is 7.14. The predicted molar refractivity (Wildman–Crippen MR) is 68.6 cm³/mol. The smallest absolute Gasteiger partial charge is 0.220 e. The molecule has 0 spiro atoms. The zero-order chi connectivity index (χ0) is 10.9. The van der Waals surface area contributed by atoms with Crippen LogP contribution in [0.2, 0.25) is 0 Å². The van der Waals surface area contributed by atoms with Crippen LogP contribution in [0.25, 0.3) is 0 Å². The van der Waals surface area contributed by atoms with Crippen molar-refractivity contribution in [3.8, 4) is 0 Å². The second kappa shape index (κ2) is 4.21. The lowest BCUT2D eigenvalue weighted by molar-refractivity contribution is -0.122. The highest BCUT2D eigenvalue weighted by Crippen LogP contribution is 2.50. The van der Waals surface area contributed by atoms with E-state index in [4.69, 9.17) is 0 Å². The first-order valence-corrected chi connectivity index (χ1v) is 7.42. The van der Waals surface area contributed by atoms with Gasteiger partial charge in [0.05, 0.1) is 0 Å². The molecule has 15 heavy (non-hydrogen) atoms. The highest BCUT2D eigenvalue weighted by atomic mass is 32.2. The van der Waals surface area contributed by atoms with Crippen LogP contribution in [0.3, 0.4) is 0 Å². The number of carbonyl (C=O) groups excluding carboxylic acids is 1. The maximum Gasteiger partial charge on any atom is 0.220 e. The van der Waals surface area contributed by atoms with Gasteiger partial charge in [0.25, 0.3) is 0 Å². The van der Waals surface area contributed by atoms with E-state index >= 15 is 0 Å². The van der Waals surface area contributed by atoms with Crippen LogP contribution in [0, 0.1) is 5.41 Å². The molecule has 0 unspecified atom stereocenters. The SMILES string of the molecule is CSC1(CNC(=O)CC2(CS)CC2)CC1. The maximum absolute atomic E-state index is 11.7. The Balaban J connectivity index is 1.69. The summed E-state index contributed by atoms with van der Waals surface area (Å²) in [6, 6.07) is 0. The Morgan fingerprint density at radius 1 is 1.40 bits per heavy atom. The van der Waals surface area contributed by atoms with Crippen molar-refractivity contribution in [2.24, 2.45) is 5.41 Å². The zero-order valence-electron chi connectivity index (χ0n) is 9.21. The summed E-state index contributed by atoms with van der Waals surface area (Å²) in [5.74, 6) is 1.08. The summed E-state index contributed by atoms with van der Waals surface area (Å²) in [5.41, 5.74) is 0.253. The molecule has 1 N–H and O–H groups in total. The minimum atomic E-state index is 0.224. The van der Waals surface area contributed by atoms with E-state index in [2.05, 4.69) is 24.2 Å². The summed E-state index contributed by atoms with van der Waals surface area (Å²) < 4.78 is 0.382. The van der Waals surface area contributed by atoms with Gasteiger partial charge in [0.2, 0.25) is 5.91 Å². The average Bonchev–Trinajstić information content (AvgIpc) is 3.12. The molecule has 0 atom stereocenters. The molecule has 2 nitrogen and oxygen atoms in total. The van der Waals surface area contributed by atoms with Crippen LogP contribution in [0.1, 0.15) is 32.1 Å². The van der Waals surface area contributed by atoms with Gasteiger partial charge in [0, 0.05) is 17.7 Å². The first-order valence-electron chi connectivity index (χ1n) is 5.56. The predicted octanol–water partition coefficient (Wildman–Crippen LogP) is 2.10. The number of thioether (sulfide) groups is 1. The summed E-state index contributed by atoms with van der Waals surface area (Å²) in [4.78, 5) is 11.7. The molecule has 0 aromatic carbocycles. The Kier molecular flexibility index (Phi) is 3.27. The third-order valence-electron chi connectivity index (χ3n) is 3.68. The Hall–Kier alpha value is 0.170. The minimum Gasteiger partial charge on any atom is -0.355 e. The van der Waals surface area contributed by atoms with E-state index in [0.29, 0.717) is 11.2 Å². The third-order valence-corrected chi connectivity index (χ3v) is 5.77. The molecule has 2 rings (SSSR count). The van der Waals surface area contributed by atoms with Crippen molar-refractivity contribution in [1.82, 2.24) is 5.32 Å². The van der Waals surface area contributed by atoms with Gasteiger partial charge in [-0.1, -0.05) is 0 Å². The van der Waals surface area contributed by atoms with Crippen molar-refractivity contribution >= 4 is 30.3 Å². The molecule has 2 aliphatic carbocycles. The van der Waals surface area contributed by atoms with E-state index in [9.17, 15) is 4.79 Å². The fourth-order valence-corrected chi connectivity index (χ4v) is 2.98. The fourth-order valence-electron chi connectivity index (χ4n) is 1.82. The monoisotopic (exact) mass is 245 g/mol. The van der Waals surface area contributed by atoms with Gasteiger partial charge in [-0.25, -0.2) is 0 Å². The van der Waals surface area contributed by atoms with Crippen molar-refractivity contribution in [2.45, 2.75) is 36.9 Å². The second-order valence-electron chi connectivity index (χ2n) is 5.00. The lowest BCUT2D eigenvalue weighted by atomic mass is 10.1. The molecule has 0 aromatic heterocycles. The summed E-state index contributed by atoms with van der Waals surface area (Å²) in [6.45, 7) is 0.857. The van der Waals surface area contributed by atoms with Crippen LogP contribution >= 0.6 is 24.4 Å². The van der Waals surface area contributed by atoms with Gasteiger partial charge >= 0.3 is 0 Å². The number of carbonyl (C=O) groups is 1. The van der Waals surface area contributed by atoms with E-state index in [1.807, 2.05) is 11.8 Å². The standard InChI is InChI=1S/C11H19NOS2/c1-15-11(4-5-11)7-12-9(13)6-10(8-14)2-3-10/h14H,2-8H2,1H3,(H,12,13). The van der Waals surface area contributed by atoms with Crippen LogP contribution in [-0.4, -0.2) is 29.2 Å². The summed E-state index contributed by atoms with van der Waals surface area (Å²) in [6.07, 6.45) is 7.68. The lowest BCUT2D eigenvalue weighted by Crippen LogP contribution is -2.33. The van der Waals surface area contributed by atoms with E-state index < -0.39 is 0 Å². The number of thiol groups is 1. The minimum absolute atomic E-state index is 0.224. The summed E-state index contributed by atoms with van der Waals surface area (Å²) >= 11 is 6.20. The number of hydrogen-bond donors (Lipinski definition) is 2. The van der Waals surface area contributed by atoms with Crippen LogP contribution in [0.15, 0.2) is 0 Å². The van der Waals surface area contributed by atoms with Gasteiger partial charge < -0.3 is 5.32 Å². The zero-order valence-corrected chi connectivity index (χ0v) is 10.9. The molecule has 0 aliphatic heterocycles.